The van der Waals surface area contributed by atoms with E-state index in [2.05, 4.69) is 10.3 Å². The number of piperidine rings is 1. The summed E-state index contributed by atoms with van der Waals surface area (Å²) in [6.45, 7) is 2.37. The minimum Gasteiger partial charge on any atom is -0.350 e. The van der Waals surface area contributed by atoms with Gasteiger partial charge in [0.15, 0.2) is 0 Å². The lowest BCUT2D eigenvalue weighted by molar-refractivity contribution is -0.0632. The van der Waals surface area contributed by atoms with E-state index < -0.39 is 17.6 Å². The smallest absolute Gasteiger partial charge is 0.255 e. The van der Waals surface area contributed by atoms with Gasteiger partial charge in [0, 0.05) is 44.4 Å². The van der Waals surface area contributed by atoms with Crippen LogP contribution in [0.4, 0.5) is 13.2 Å². The molecule has 1 fully saturated rings. The van der Waals surface area contributed by atoms with E-state index in [4.69, 9.17) is 11.6 Å². The molecule has 1 aliphatic rings. The fraction of sp³-hybridized carbons (Fsp3) is 0.400. The lowest BCUT2D eigenvalue weighted by Crippen LogP contribution is -2.45. The van der Waals surface area contributed by atoms with E-state index in [1.807, 2.05) is 24.0 Å². The molecule has 1 atom stereocenters. The first-order chi connectivity index (χ1) is 13.3. The van der Waals surface area contributed by atoms with Crippen LogP contribution in [-0.2, 0) is 0 Å². The number of pyridine rings is 1. The van der Waals surface area contributed by atoms with Crippen LogP contribution in [0.25, 0.3) is 0 Å². The van der Waals surface area contributed by atoms with Crippen LogP contribution >= 0.6 is 11.6 Å². The maximum Gasteiger partial charge on any atom is 0.255 e. The van der Waals surface area contributed by atoms with E-state index >= 15 is 0 Å². The average Bonchev–Trinajstić information content (AvgIpc) is 2.64. The Balaban J connectivity index is 1.77. The molecule has 150 valence electrons. The lowest BCUT2D eigenvalue weighted by Gasteiger charge is -2.37. The fourth-order valence-electron chi connectivity index (χ4n) is 3.29. The Kier molecular flexibility index (Phi) is 6.25. The van der Waals surface area contributed by atoms with Crippen molar-refractivity contribution in [1.82, 2.24) is 15.2 Å². The van der Waals surface area contributed by atoms with Crippen LogP contribution in [0, 0.1) is 12.7 Å². The molecule has 0 saturated carbocycles. The molecule has 2 aromatic rings. The number of hydrogen-bond donors (Lipinski definition) is 1. The molecule has 1 N–H and O–H groups in total. The number of halogens is 4. The molecule has 0 aliphatic carbocycles. The number of hydrogen-bond acceptors (Lipinski definition) is 3. The molecule has 0 spiro atoms. The van der Waals surface area contributed by atoms with Crippen LogP contribution in [0.2, 0.25) is 5.02 Å². The summed E-state index contributed by atoms with van der Waals surface area (Å²) < 4.78 is 41.1. The molecule has 2 heterocycles. The molecule has 1 unspecified atom stereocenters. The third-order valence-electron chi connectivity index (χ3n) is 4.94. The number of likely N-dealkylation sites (tertiary alicyclic amines) is 1. The Morgan fingerprint density at radius 3 is 2.61 bits per heavy atom. The standard InChI is InChI=1S/C20H21ClF3N3O/c1-13-5-6-14(11-25-13)17(27-9-7-20(23,24)8-10-27)12-26-19(28)18-15(21)3-2-4-16(18)22/h2-6,11,17H,7-10,12H2,1H3,(H,26,28). The van der Waals surface area contributed by atoms with E-state index in [1.165, 1.54) is 12.1 Å². The van der Waals surface area contributed by atoms with Gasteiger partial charge in [0.25, 0.3) is 11.8 Å². The monoisotopic (exact) mass is 411 g/mol. The molecule has 1 amide bonds. The highest BCUT2D eigenvalue weighted by Gasteiger charge is 2.36. The molecule has 0 bridgehead atoms. The number of aromatic nitrogens is 1. The van der Waals surface area contributed by atoms with Crippen molar-refractivity contribution in [2.45, 2.75) is 31.7 Å². The first-order valence-corrected chi connectivity index (χ1v) is 9.41. The van der Waals surface area contributed by atoms with Crippen LogP contribution in [0.5, 0.6) is 0 Å². The van der Waals surface area contributed by atoms with E-state index in [1.54, 1.807) is 6.20 Å². The van der Waals surface area contributed by atoms with Crippen molar-refractivity contribution in [2.75, 3.05) is 19.6 Å². The maximum absolute atomic E-state index is 14.0. The highest BCUT2D eigenvalue weighted by Crippen LogP contribution is 2.32. The summed E-state index contributed by atoms with van der Waals surface area (Å²) >= 11 is 5.95. The predicted molar refractivity (Wildman–Crippen MR) is 101 cm³/mol. The fourth-order valence-corrected chi connectivity index (χ4v) is 3.54. The van der Waals surface area contributed by atoms with E-state index in [-0.39, 0.29) is 49.1 Å². The summed E-state index contributed by atoms with van der Waals surface area (Å²) in [6, 6.07) is 7.36. The largest absolute Gasteiger partial charge is 0.350 e. The SMILES string of the molecule is Cc1ccc(C(CNC(=O)c2c(F)cccc2Cl)N2CCC(F)(F)CC2)cn1. The molecule has 1 aromatic carbocycles. The second-order valence-electron chi connectivity index (χ2n) is 6.95. The molecule has 1 saturated heterocycles. The van der Waals surface area contributed by atoms with E-state index in [9.17, 15) is 18.0 Å². The maximum atomic E-state index is 14.0. The number of alkyl halides is 2. The zero-order valence-corrected chi connectivity index (χ0v) is 16.1. The third kappa shape index (κ3) is 4.83. The molecule has 8 heteroatoms. The van der Waals surface area contributed by atoms with E-state index in [0.29, 0.717) is 0 Å². The predicted octanol–water partition coefficient (Wildman–Crippen LogP) is 4.38. The number of rotatable bonds is 5. The second-order valence-corrected chi connectivity index (χ2v) is 7.35. The molecular weight excluding hydrogens is 391 g/mol. The van der Waals surface area contributed by atoms with Gasteiger partial charge in [-0.15, -0.1) is 0 Å². The average molecular weight is 412 g/mol. The van der Waals surface area contributed by atoms with Gasteiger partial charge in [0.2, 0.25) is 0 Å². The normalized spacial score (nSPS) is 17.9. The molecule has 0 radical (unpaired) electrons. The summed E-state index contributed by atoms with van der Waals surface area (Å²) in [4.78, 5) is 18.6. The number of nitrogens with zero attached hydrogens (tertiary/aromatic N) is 2. The van der Waals surface area contributed by atoms with Crippen LogP contribution in [0.1, 0.15) is 40.5 Å². The van der Waals surface area contributed by atoms with Crippen molar-refractivity contribution in [1.29, 1.82) is 0 Å². The van der Waals surface area contributed by atoms with Gasteiger partial charge < -0.3 is 5.32 Å². The number of nitrogens with one attached hydrogen (secondary N) is 1. The number of aryl methyl sites for hydroxylation is 1. The van der Waals surface area contributed by atoms with Crippen LogP contribution < -0.4 is 5.32 Å². The minimum atomic E-state index is -2.67. The number of benzene rings is 1. The van der Waals surface area contributed by atoms with Crippen molar-refractivity contribution < 1.29 is 18.0 Å². The Hall–Kier alpha value is -2.12. The minimum absolute atomic E-state index is 0.0173. The highest BCUT2D eigenvalue weighted by atomic mass is 35.5. The number of amides is 1. The Bertz CT molecular complexity index is 815. The topological polar surface area (TPSA) is 45.2 Å². The third-order valence-corrected chi connectivity index (χ3v) is 5.25. The highest BCUT2D eigenvalue weighted by molar-refractivity contribution is 6.33. The van der Waals surface area contributed by atoms with Crippen molar-refractivity contribution in [2.24, 2.45) is 0 Å². The molecule has 1 aliphatic heterocycles. The summed E-state index contributed by atoms with van der Waals surface area (Å²) in [5.41, 5.74) is 1.40. The van der Waals surface area contributed by atoms with Gasteiger partial charge in [-0.1, -0.05) is 23.7 Å². The summed E-state index contributed by atoms with van der Waals surface area (Å²) in [5, 5.41) is 2.71. The van der Waals surface area contributed by atoms with Crippen molar-refractivity contribution in [3.8, 4) is 0 Å². The molecule has 1 aromatic heterocycles. The lowest BCUT2D eigenvalue weighted by atomic mass is 10.0. The van der Waals surface area contributed by atoms with Gasteiger partial charge >= 0.3 is 0 Å². The summed E-state index contributed by atoms with van der Waals surface area (Å²) in [6.07, 6.45) is 1.20. The quantitative estimate of drug-likeness (QED) is 0.794. The summed E-state index contributed by atoms with van der Waals surface area (Å²) in [7, 11) is 0. The van der Waals surface area contributed by atoms with Crippen LogP contribution in [-0.4, -0.2) is 41.3 Å². The second kappa shape index (κ2) is 8.49. The Labute approximate surface area is 166 Å². The summed E-state index contributed by atoms with van der Waals surface area (Å²) in [5.74, 6) is -4.03. The zero-order chi connectivity index (χ0) is 20.3. The molecule has 28 heavy (non-hydrogen) atoms. The van der Waals surface area contributed by atoms with Gasteiger partial charge in [-0.05, 0) is 30.7 Å². The van der Waals surface area contributed by atoms with Gasteiger partial charge in [-0.2, -0.15) is 0 Å². The van der Waals surface area contributed by atoms with Crippen molar-refractivity contribution in [3.63, 3.8) is 0 Å². The van der Waals surface area contributed by atoms with Crippen LogP contribution in [0.3, 0.4) is 0 Å². The van der Waals surface area contributed by atoms with Gasteiger partial charge in [0.1, 0.15) is 5.82 Å². The van der Waals surface area contributed by atoms with Gasteiger partial charge in [0.05, 0.1) is 16.6 Å². The van der Waals surface area contributed by atoms with Gasteiger partial charge in [-0.3, -0.25) is 14.7 Å². The number of carbonyl (C=O) groups excluding carboxylic acids is 1. The first-order valence-electron chi connectivity index (χ1n) is 9.03. The number of carbonyl (C=O) groups is 1. The Morgan fingerprint density at radius 2 is 2.00 bits per heavy atom. The first kappa shape index (κ1) is 20.6. The molecule has 3 rings (SSSR count). The van der Waals surface area contributed by atoms with E-state index in [0.717, 1.165) is 17.3 Å². The zero-order valence-electron chi connectivity index (χ0n) is 15.4. The van der Waals surface area contributed by atoms with Crippen LogP contribution in [0.15, 0.2) is 36.5 Å². The van der Waals surface area contributed by atoms with Gasteiger partial charge in [-0.25, -0.2) is 13.2 Å². The van der Waals surface area contributed by atoms with Crippen molar-refractivity contribution in [3.05, 3.63) is 64.2 Å². The molecular formula is C20H21ClF3N3O. The Morgan fingerprint density at radius 1 is 1.29 bits per heavy atom. The van der Waals surface area contributed by atoms with Crippen molar-refractivity contribution >= 4 is 17.5 Å². The molecule has 4 nitrogen and oxygen atoms in total.